The van der Waals surface area contributed by atoms with Gasteiger partial charge in [0.15, 0.2) is 0 Å². The Labute approximate surface area is 138 Å². The van der Waals surface area contributed by atoms with Crippen molar-refractivity contribution in [1.29, 1.82) is 0 Å². The minimum Gasteiger partial charge on any atom is -0.445 e. The second-order valence-electron chi connectivity index (χ2n) is 5.19. The van der Waals surface area contributed by atoms with E-state index in [2.05, 4.69) is 21.2 Å². The van der Waals surface area contributed by atoms with Crippen LogP contribution in [0.1, 0.15) is 11.1 Å². The fraction of sp³-hybridized carbons (Fsp3) is 0.235. The number of carbonyl (C=O) groups is 1. The summed E-state index contributed by atoms with van der Waals surface area (Å²) in [7, 11) is 0. The second kappa shape index (κ2) is 6.83. The first-order chi connectivity index (χ1) is 10.7. The number of nitrogens with one attached hydrogen (secondary N) is 1. The Bertz CT molecular complexity index is 661. The number of carbonyl (C=O) groups excluding carboxylic acids is 1. The van der Waals surface area contributed by atoms with Gasteiger partial charge in [-0.2, -0.15) is 0 Å². The number of anilines is 1. The molecule has 5 heteroatoms. The average molecular weight is 361 g/mol. The molecule has 0 spiro atoms. The molecule has 3 rings (SSSR count). The van der Waals surface area contributed by atoms with Gasteiger partial charge >= 0.3 is 6.09 Å². The van der Waals surface area contributed by atoms with Gasteiger partial charge in [-0.25, -0.2) is 4.79 Å². The highest BCUT2D eigenvalue weighted by molar-refractivity contribution is 9.10. The molecule has 0 unspecified atom stereocenters. The summed E-state index contributed by atoms with van der Waals surface area (Å²) in [5, 5.41) is 3.34. The highest BCUT2D eigenvalue weighted by Crippen LogP contribution is 2.24. The molecule has 1 heterocycles. The van der Waals surface area contributed by atoms with Crippen LogP contribution in [0.25, 0.3) is 0 Å². The summed E-state index contributed by atoms with van der Waals surface area (Å²) < 4.78 is 6.42. The first-order valence-electron chi connectivity index (χ1n) is 7.20. The molecule has 22 heavy (non-hydrogen) atoms. The van der Waals surface area contributed by atoms with E-state index in [9.17, 15) is 4.79 Å². The number of halogens is 1. The molecule has 1 aliphatic heterocycles. The molecule has 1 amide bonds. The van der Waals surface area contributed by atoms with Crippen molar-refractivity contribution in [1.82, 2.24) is 4.90 Å². The zero-order valence-corrected chi connectivity index (χ0v) is 13.7. The van der Waals surface area contributed by atoms with Gasteiger partial charge in [0.1, 0.15) is 6.61 Å². The number of ether oxygens (including phenoxy) is 1. The number of hydrogen-bond donors (Lipinski definition) is 1. The second-order valence-corrected chi connectivity index (χ2v) is 6.11. The van der Waals surface area contributed by atoms with E-state index in [0.717, 1.165) is 27.8 Å². The van der Waals surface area contributed by atoms with E-state index >= 15 is 0 Å². The standard InChI is InChI=1S/C17H17BrN2O2/c18-15-6-7-16-14(10-15)11-20(9-8-19-16)17(21)22-12-13-4-2-1-3-5-13/h1-7,10,19H,8-9,11-12H2. The summed E-state index contributed by atoms with van der Waals surface area (Å²) in [6.45, 7) is 2.19. The zero-order valence-electron chi connectivity index (χ0n) is 12.1. The molecule has 0 bridgehead atoms. The van der Waals surface area contributed by atoms with Crippen LogP contribution in [-0.2, 0) is 17.9 Å². The van der Waals surface area contributed by atoms with Crippen LogP contribution in [0, 0.1) is 0 Å². The predicted molar refractivity (Wildman–Crippen MR) is 89.7 cm³/mol. The first-order valence-corrected chi connectivity index (χ1v) is 7.99. The molecule has 0 saturated heterocycles. The molecule has 0 saturated carbocycles. The molecule has 0 fully saturated rings. The van der Waals surface area contributed by atoms with Crippen molar-refractivity contribution in [3.8, 4) is 0 Å². The predicted octanol–water partition coefficient (Wildman–Crippen LogP) is 4.01. The van der Waals surface area contributed by atoms with Gasteiger partial charge in [-0.05, 0) is 29.3 Å². The van der Waals surface area contributed by atoms with Gasteiger partial charge in [-0.1, -0.05) is 46.3 Å². The number of amides is 1. The van der Waals surface area contributed by atoms with Crippen LogP contribution in [0.3, 0.4) is 0 Å². The van der Waals surface area contributed by atoms with E-state index in [0.29, 0.717) is 19.7 Å². The lowest BCUT2D eigenvalue weighted by Crippen LogP contribution is -2.33. The van der Waals surface area contributed by atoms with Crippen molar-refractivity contribution in [2.45, 2.75) is 13.2 Å². The zero-order chi connectivity index (χ0) is 15.4. The third kappa shape index (κ3) is 3.60. The topological polar surface area (TPSA) is 41.6 Å². The van der Waals surface area contributed by atoms with E-state index in [1.165, 1.54) is 0 Å². The maximum atomic E-state index is 12.3. The fourth-order valence-corrected chi connectivity index (χ4v) is 2.85. The number of nitrogens with zero attached hydrogens (tertiary/aromatic N) is 1. The van der Waals surface area contributed by atoms with Crippen molar-refractivity contribution in [3.05, 3.63) is 64.1 Å². The summed E-state index contributed by atoms with van der Waals surface area (Å²) in [6, 6.07) is 15.8. The van der Waals surface area contributed by atoms with Crippen LogP contribution >= 0.6 is 15.9 Å². The summed E-state index contributed by atoms with van der Waals surface area (Å²) >= 11 is 3.47. The summed E-state index contributed by atoms with van der Waals surface area (Å²) in [5.41, 5.74) is 3.15. The highest BCUT2D eigenvalue weighted by Gasteiger charge is 2.20. The Kier molecular flexibility index (Phi) is 4.63. The highest BCUT2D eigenvalue weighted by atomic mass is 79.9. The Morgan fingerprint density at radius 1 is 1.23 bits per heavy atom. The molecular formula is C17H17BrN2O2. The van der Waals surface area contributed by atoms with Gasteiger partial charge in [-0.3, -0.25) is 0 Å². The molecule has 1 aliphatic rings. The van der Waals surface area contributed by atoms with Crippen molar-refractivity contribution in [3.63, 3.8) is 0 Å². The van der Waals surface area contributed by atoms with Crippen LogP contribution in [0.4, 0.5) is 10.5 Å². The molecule has 0 aliphatic carbocycles. The number of benzene rings is 2. The molecule has 4 nitrogen and oxygen atoms in total. The number of hydrogen-bond acceptors (Lipinski definition) is 3. The lowest BCUT2D eigenvalue weighted by Gasteiger charge is -2.20. The van der Waals surface area contributed by atoms with Crippen LogP contribution < -0.4 is 5.32 Å². The number of fused-ring (bicyclic) bond motifs is 1. The van der Waals surface area contributed by atoms with Crippen molar-refractivity contribution in [2.75, 3.05) is 18.4 Å². The lowest BCUT2D eigenvalue weighted by molar-refractivity contribution is 0.0957. The van der Waals surface area contributed by atoms with E-state index in [4.69, 9.17) is 4.74 Å². The molecule has 2 aromatic rings. The summed E-state index contributed by atoms with van der Waals surface area (Å²) in [5.74, 6) is 0. The summed E-state index contributed by atoms with van der Waals surface area (Å²) in [4.78, 5) is 14.0. The maximum Gasteiger partial charge on any atom is 0.410 e. The quantitative estimate of drug-likeness (QED) is 0.879. The van der Waals surface area contributed by atoms with Gasteiger partial charge in [0.25, 0.3) is 0 Å². The largest absolute Gasteiger partial charge is 0.445 e. The molecule has 114 valence electrons. The fourth-order valence-electron chi connectivity index (χ4n) is 2.44. The third-order valence-corrected chi connectivity index (χ3v) is 4.08. The first kappa shape index (κ1) is 14.9. The Morgan fingerprint density at radius 3 is 2.86 bits per heavy atom. The molecule has 0 atom stereocenters. The molecule has 0 aromatic heterocycles. The SMILES string of the molecule is O=C(OCc1ccccc1)N1CCNc2ccc(Br)cc2C1. The van der Waals surface area contributed by atoms with Gasteiger partial charge in [0, 0.05) is 23.2 Å². The van der Waals surface area contributed by atoms with Crippen LogP contribution in [0.15, 0.2) is 53.0 Å². The van der Waals surface area contributed by atoms with E-state index in [1.54, 1.807) is 4.90 Å². The minimum absolute atomic E-state index is 0.279. The van der Waals surface area contributed by atoms with Crippen molar-refractivity contribution < 1.29 is 9.53 Å². The molecular weight excluding hydrogens is 344 g/mol. The Morgan fingerprint density at radius 2 is 2.05 bits per heavy atom. The van der Waals surface area contributed by atoms with Crippen LogP contribution in [-0.4, -0.2) is 24.1 Å². The maximum absolute atomic E-state index is 12.3. The van der Waals surface area contributed by atoms with Gasteiger partial charge < -0.3 is 15.0 Å². The molecule has 0 radical (unpaired) electrons. The van der Waals surface area contributed by atoms with Gasteiger partial charge in [0.05, 0.1) is 6.54 Å². The van der Waals surface area contributed by atoms with Crippen molar-refractivity contribution >= 4 is 27.7 Å². The Hall–Kier alpha value is -2.01. The Balaban J connectivity index is 1.65. The van der Waals surface area contributed by atoms with Crippen LogP contribution in [0.2, 0.25) is 0 Å². The lowest BCUT2D eigenvalue weighted by atomic mass is 10.2. The summed E-state index contributed by atoms with van der Waals surface area (Å²) in [6.07, 6.45) is -0.279. The average Bonchev–Trinajstić information content (AvgIpc) is 2.75. The molecule has 1 N–H and O–H groups in total. The van der Waals surface area contributed by atoms with Gasteiger partial charge in [-0.15, -0.1) is 0 Å². The smallest absolute Gasteiger partial charge is 0.410 e. The van der Waals surface area contributed by atoms with Gasteiger partial charge in [0.2, 0.25) is 0 Å². The van der Waals surface area contributed by atoms with Crippen LogP contribution in [0.5, 0.6) is 0 Å². The normalized spacial score (nSPS) is 13.8. The minimum atomic E-state index is -0.279. The monoisotopic (exact) mass is 360 g/mol. The van der Waals surface area contributed by atoms with Crippen molar-refractivity contribution in [2.24, 2.45) is 0 Å². The van der Waals surface area contributed by atoms with E-state index in [-0.39, 0.29) is 6.09 Å². The van der Waals surface area contributed by atoms with E-state index < -0.39 is 0 Å². The third-order valence-electron chi connectivity index (χ3n) is 3.59. The number of rotatable bonds is 2. The van der Waals surface area contributed by atoms with E-state index in [1.807, 2.05) is 48.5 Å². The molecule has 2 aromatic carbocycles.